The van der Waals surface area contributed by atoms with Crippen LogP contribution >= 0.6 is 11.6 Å². The van der Waals surface area contributed by atoms with Crippen LogP contribution in [0.5, 0.6) is 0 Å². The standard InChI is InChI=1S/C23H29ClF2N2O2/c1-27-11-12-30-17(13-27)14-28-15-18(22-19(24)3-2-4-20(22)28)21(29)6-5-16-7-9-23(25,26)10-8-16/h2-4,15-17H,5-14H2,1H3. The van der Waals surface area contributed by atoms with E-state index >= 15 is 0 Å². The molecule has 7 heteroatoms. The molecule has 2 heterocycles. The Morgan fingerprint density at radius 1 is 1.30 bits per heavy atom. The number of rotatable bonds is 6. The molecule has 0 bridgehead atoms. The van der Waals surface area contributed by atoms with E-state index in [1.165, 1.54) is 0 Å². The van der Waals surface area contributed by atoms with E-state index in [-0.39, 0.29) is 30.6 Å². The van der Waals surface area contributed by atoms with Gasteiger partial charge in [-0.3, -0.25) is 4.79 Å². The number of halogens is 3. The second kappa shape index (κ2) is 8.93. The Balaban J connectivity index is 1.49. The van der Waals surface area contributed by atoms with E-state index in [9.17, 15) is 13.6 Å². The third-order valence-corrected chi connectivity index (χ3v) is 6.83. The van der Waals surface area contributed by atoms with Crippen molar-refractivity contribution < 1.29 is 18.3 Å². The average Bonchev–Trinajstić information content (AvgIpc) is 3.07. The monoisotopic (exact) mass is 438 g/mol. The summed E-state index contributed by atoms with van der Waals surface area (Å²) in [7, 11) is 2.08. The molecule has 164 valence electrons. The zero-order valence-corrected chi connectivity index (χ0v) is 18.1. The van der Waals surface area contributed by atoms with Crippen molar-refractivity contribution in [2.75, 3.05) is 26.7 Å². The number of ketones is 1. The molecular formula is C23H29ClF2N2O2. The Kier molecular flexibility index (Phi) is 6.47. The highest BCUT2D eigenvalue weighted by Gasteiger charge is 2.35. The molecule has 1 unspecified atom stereocenters. The minimum absolute atomic E-state index is 0.0332. The van der Waals surface area contributed by atoms with Crippen LogP contribution in [0.2, 0.25) is 5.02 Å². The Bertz CT molecular complexity index is 904. The van der Waals surface area contributed by atoms with E-state index in [2.05, 4.69) is 16.5 Å². The summed E-state index contributed by atoms with van der Waals surface area (Å²) < 4.78 is 34.7. The zero-order chi connectivity index (χ0) is 21.3. The van der Waals surface area contributed by atoms with Crippen molar-refractivity contribution >= 4 is 28.3 Å². The van der Waals surface area contributed by atoms with Crippen molar-refractivity contribution in [3.63, 3.8) is 0 Å². The van der Waals surface area contributed by atoms with E-state index in [4.69, 9.17) is 16.3 Å². The van der Waals surface area contributed by atoms with Crippen LogP contribution in [0.4, 0.5) is 8.78 Å². The first-order valence-corrected chi connectivity index (χ1v) is 11.2. The van der Waals surface area contributed by atoms with Gasteiger partial charge in [0.1, 0.15) is 0 Å². The van der Waals surface area contributed by atoms with Crippen molar-refractivity contribution in [2.45, 2.75) is 57.1 Å². The van der Waals surface area contributed by atoms with Gasteiger partial charge in [-0.15, -0.1) is 0 Å². The van der Waals surface area contributed by atoms with Crippen LogP contribution in [0.25, 0.3) is 10.9 Å². The molecule has 1 atom stereocenters. The van der Waals surface area contributed by atoms with Gasteiger partial charge in [-0.1, -0.05) is 17.7 Å². The summed E-state index contributed by atoms with van der Waals surface area (Å²) in [6.07, 6.45) is 3.84. The molecule has 0 N–H and O–H groups in total. The van der Waals surface area contributed by atoms with E-state index in [0.717, 1.165) is 24.0 Å². The lowest BCUT2D eigenvalue weighted by atomic mass is 9.83. The predicted octanol–water partition coefficient (Wildman–Crippen LogP) is 5.41. The maximum absolute atomic E-state index is 13.4. The normalized spacial score (nSPS) is 23.1. The molecule has 1 aromatic heterocycles. The lowest BCUT2D eigenvalue weighted by molar-refractivity contribution is -0.0464. The predicted molar refractivity (Wildman–Crippen MR) is 115 cm³/mol. The fourth-order valence-electron chi connectivity index (χ4n) is 4.73. The molecule has 0 radical (unpaired) electrons. The maximum atomic E-state index is 13.4. The second-order valence-electron chi connectivity index (χ2n) is 8.85. The summed E-state index contributed by atoms with van der Waals surface area (Å²) in [6.45, 7) is 3.13. The summed E-state index contributed by atoms with van der Waals surface area (Å²) in [5, 5.41) is 1.34. The van der Waals surface area contributed by atoms with Gasteiger partial charge in [-0.2, -0.15) is 0 Å². The molecule has 1 aliphatic carbocycles. The molecule has 1 aromatic carbocycles. The van der Waals surface area contributed by atoms with E-state index in [1.54, 1.807) is 6.07 Å². The summed E-state index contributed by atoms with van der Waals surface area (Å²) in [5.41, 5.74) is 1.56. The largest absolute Gasteiger partial charge is 0.374 e. The fourth-order valence-corrected chi connectivity index (χ4v) is 5.00. The van der Waals surface area contributed by atoms with Gasteiger partial charge >= 0.3 is 0 Å². The third kappa shape index (κ3) is 4.87. The SMILES string of the molecule is CN1CCOC(Cn2cc(C(=O)CCC3CCC(F)(F)CC3)c3c(Cl)cccc32)C1. The molecule has 2 fully saturated rings. The summed E-state index contributed by atoms with van der Waals surface area (Å²) >= 11 is 6.48. The molecule has 4 nitrogen and oxygen atoms in total. The van der Waals surface area contributed by atoms with Gasteiger partial charge in [0.15, 0.2) is 5.78 Å². The molecule has 2 aliphatic rings. The van der Waals surface area contributed by atoms with Crippen molar-refractivity contribution in [3.05, 3.63) is 35.0 Å². The Hall–Kier alpha value is -1.50. The molecule has 4 rings (SSSR count). The number of Topliss-reactive ketones (excluding diaryl/α,β-unsaturated/α-hetero) is 1. The van der Waals surface area contributed by atoms with Crippen LogP contribution in [0.3, 0.4) is 0 Å². The number of carbonyl (C=O) groups excluding carboxylic acids is 1. The number of hydrogen-bond donors (Lipinski definition) is 0. The van der Waals surface area contributed by atoms with Crippen molar-refractivity contribution in [1.82, 2.24) is 9.47 Å². The summed E-state index contributed by atoms with van der Waals surface area (Å²) in [4.78, 5) is 15.3. The van der Waals surface area contributed by atoms with Crippen LogP contribution in [-0.4, -0.2) is 54.0 Å². The van der Waals surface area contributed by atoms with Crippen LogP contribution in [-0.2, 0) is 11.3 Å². The van der Waals surface area contributed by atoms with Crippen LogP contribution in [0.15, 0.2) is 24.4 Å². The minimum atomic E-state index is -2.53. The number of carbonyl (C=O) groups is 1. The fraction of sp³-hybridized carbons (Fsp3) is 0.609. The molecule has 30 heavy (non-hydrogen) atoms. The lowest BCUT2D eigenvalue weighted by Crippen LogP contribution is -2.41. The number of fused-ring (bicyclic) bond motifs is 1. The number of hydrogen-bond acceptors (Lipinski definition) is 3. The first-order chi connectivity index (χ1) is 14.3. The highest BCUT2D eigenvalue weighted by atomic mass is 35.5. The molecule has 0 amide bonds. The average molecular weight is 439 g/mol. The number of ether oxygens (including phenoxy) is 1. The number of benzene rings is 1. The molecule has 1 saturated heterocycles. The molecule has 2 aromatic rings. The van der Waals surface area contributed by atoms with Gasteiger partial charge in [0.25, 0.3) is 0 Å². The molecule has 1 saturated carbocycles. The van der Waals surface area contributed by atoms with Gasteiger partial charge in [0.2, 0.25) is 5.92 Å². The summed E-state index contributed by atoms with van der Waals surface area (Å²) in [6, 6.07) is 5.68. The Labute approximate surface area is 181 Å². The molecular weight excluding hydrogens is 410 g/mol. The number of nitrogens with zero attached hydrogens (tertiary/aromatic N) is 2. The Morgan fingerprint density at radius 3 is 2.80 bits per heavy atom. The van der Waals surface area contributed by atoms with Crippen molar-refractivity contribution in [2.24, 2.45) is 5.92 Å². The summed E-state index contributed by atoms with van der Waals surface area (Å²) in [5.74, 6) is -2.30. The first-order valence-electron chi connectivity index (χ1n) is 10.8. The molecule has 0 spiro atoms. The van der Waals surface area contributed by atoms with Gasteiger partial charge in [-0.05, 0) is 44.4 Å². The topological polar surface area (TPSA) is 34.5 Å². The minimum Gasteiger partial charge on any atom is -0.374 e. The van der Waals surface area contributed by atoms with Crippen LogP contribution < -0.4 is 0 Å². The van der Waals surface area contributed by atoms with E-state index in [0.29, 0.717) is 49.4 Å². The Morgan fingerprint density at radius 2 is 2.07 bits per heavy atom. The second-order valence-corrected chi connectivity index (χ2v) is 9.25. The highest BCUT2D eigenvalue weighted by Crippen LogP contribution is 2.38. The van der Waals surface area contributed by atoms with E-state index in [1.807, 2.05) is 18.3 Å². The van der Waals surface area contributed by atoms with Crippen LogP contribution in [0, 0.1) is 5.92 Å². The van der Waals surface area contributed by atoms with Crippen LogP contribution in [0.1, 0.15) is 48.9 Å². The quantitative estimate of drug-likeness (QED) is 0.565. The number of aromatic nitrogens is 1. The van der Waals surface area contributed by atoms with Gasteiger partial charge in [-0.25, -0.2) is 8.78 Å². The zero-order valence-electron chi connectivity index (χ0n) is 17.4. The van der Waals surface area contributed by atoms with E-state index < -0.39 is 5.92 Å². The molecule has 1 aliphatic heterocycles. The van der Waals surface area contributed by atoms with Gasteiger partial charge in [0.05, 0.1) is 29.8 Å². The van der Waals surface area contributed by atoms with Gasteiger partial charge in [0, 0.05) is 49.5 Å². The van der Waals surface area contributed by atoms with Crippen molar-refractivity contribution in [1.29, 1.82) is 0 Å². The maximum Gasteiger partial charge on any atom is 0.248 e. The lowest BCUT2D eigenvalue weighted by Gasteiger charge is -2.30. The first kappa shape index (κ1) is 21.7. The van der Waals surface area contributed by atoms with Crippen molar-refractivity contribution in [3.8, 4) is 0 Å². The number of morpholine rings is 1. The third-order valence-electron chi connectivity index (χ3n) is 6.51. The highest BCUT2D eigenvalue weighted by molar-refractivity contribution is 6.37. The number of alkyl halides is 2. The number of likely N-dealkylation sites (N-methyl/N-ethyl adjacent to an activating group) is 1. The smallest absolute Gasteiger partial charge is 0.248 e. The van der Waals surface area contributed by atoms with Gasteiger partial charge < -0.3 is 14.2 Å².